The van der Waals surface area contributed by atoms with Gasteiger partial charge in [-0.3, -0.25) is 4.90 Å². The standard InChI is InChI=1S/C18H29NO2/c1-12-10-13(2)14(3)19(11-12)15(4)18(20)16-6-8-17(21-5)9-7-16/h6-9,12-15,18,20H,10-11H2,1-5H3. The van der Waals surface area contributed by atoms with Gasteiger partial charge in [0.1, 0.15) is 5.75 Å². The van der Waals surface area contributed by atoms with Crippen molar-refractivity contribution in [2.75, 3.05) is 13.7 Å². The van der Waals surface area contributed by atoms with Crippen molar-refractivity contribution < 1.29 is 9.84 Å². The molecule has 3 heteroatoms. The highest BCUT2D eigenvalue weighted by Gasteiger charge is 2.34. The van der Waals surface area contributed by atoms with Crippen molar-refractivity contribution in [1.29, 1.82) is 0 Å². The second-order valence-electron chi connectivity index (χ2n) is 6.71. The number of ether oxygens (including phenoxy) is 1. The molecule has 0 amide bonds. The van der Waals surface area contributed by atoms with E-state index < -0.39 is 6.10 Å². The maximum absolute atomic E-state index is 10.7. The van der Waals surface area contributed by atoms with Crippen molar-refractivity contribution in [2.45, 2.75) is 52.3 Å². The predicted molar refractivity (Wildman–Crippen MR) is 86.5 cm³/mol. The Bertz CT molecular complexity index is 445. The summed E-state index contributed by atoms with van der Waals surface area (Å²) in [5, 5.41) is 10.7. The molecular formula is C18H29NO2. The summed E-state index contributed by atoms with van der Waals surface area (Å²) in [5.41, 5.74) is 0.960. The van der Waals surface area contributed by atoms with E-state index in [1.807, 2.05) is 24.3 Å². The summed E-state index contributed by atoms with van der Waals surface area (Å²) in [6.45, 7) is 10.1. The fraction of sp³-hybridized carbons (Fsp3) is 0.667. The first-order valence-electron chi connectivity index (χ1n) is 8.01. The smallest absolute Gasteiger partial charge is 0.118 e. The average molecular weight is 291 g/mol. The van der Waals surface area contributed by atoms with E-state index in [1.54, 1.807) is 7.11 Å². The van der Waals surface area contributed by atoms with E-state index in [1.165, 1.54) is 6.42 Å². The molecule has 1 aliphatic heterocycles. The second kappa shape index (κ2) is 6.80. The topological polar surface area (TPSA) is 32.7 Å². The monoisotopic (exact) mass is 291 g/mol. The van der Waals surface area contributed by atoms with Gasteiger partial charge in [-0.15, -0.1) is 0 Å². The number of aliphatic hydroxyl groups is 1. The van der Waals surface area contributed by atoms with Gasteiger partial charge in [-0.1, -0.05) is 26.0 Å². The quantitative estimate of drug-likeness (QED) is 0.922. The minimum atomic E-state index is -0.462. The normalized spacial score (nSPS) is 29.9. The predicted octanol–water partition coefficient (Wildman–Crippen LogP) is 3.48. The van der Waals surface area contributed by atoms with Gasteiger partial charge >= 0.3 is 0 Å². The molecule has 5 unspecified atom stereocenters. The molecule has 1 aromatic carbocycles. The van der Waals surface area contributed by atoms with Crippen molar-refractivity contribution in [3.05, 3.63) is 29.8 Å². The van der Waals surface area contributed by atoms with E-state index >= 15 is 0 Å². The molecule has 5 atom stereocenters. The van der Waals surface area contributed by atoms with Gasteiger partial charge in [0.15, 0.2) is 0 Å². The van der Waals surface area contributed by atoms with Crippen LogP contribution in [-0.2, 0) is 0 Å². The lowest BCUT2D eigenvalue weighted by Gasteiger charge is -2.45. The lowest BCUT2D eigenvalue weighted by molar-refractivity contribution is -0.0129. The summed E-state index contributed by atoms with van der Waals surface area (Å²) in [4.78, 5) is 2.47. The molecule has 1 heterocycles. The first kappa shape index (κ1) is 16.3. The molecule has 0 radical (unpaired) electrons. The molecule has 0 aromatic heterocycles. The Morgan fingerprint density at radius 2 is 1.81 bits per heavy atom. The van der Waals surface area contributed by atoms with Crippen LogP contribution in [0.3, 0.4) is 0 Å². The molecule has 3 nitrogen and oxygen atoms in total. The van der Waals surface area contributed by atoms with Crippen LogP contribution >= 0.6 is 0 Å². The van der Waals surface area contributed by atoms with Gasteiger partial charge in [-0.05, 0) is 49.8 Å². The van der Waals surface area contributed by atoms with E-state index in [2.05, 4.69) is 32.6 Å². The van der Waals surface area contributed by atoms with Gasteiger partial charge in [-0.25, -0.2) is 0 Å². The Morgan fingerprint density at radius 3 is 2.38 bits per heavy atom. The number of benzene rings is 1. The number of rotatable bonds is 4. The highest BCUT2D eigenvalue weighted by molar-refractivity contribution is 5.29. The number of likely N-dealkylation sites (tertiary alicyclic amines) is 1. The highest BCUT2D eigenvalue weighted by atomic mass is 16.5. The molecule has 1 aromatic rings. The van der Waals surface area contributed by atoms with Gasteiger partial charge in [0.05, 0.1) is 13.2 Å². The molecule has 1 N–H and O–H groups in total. The summed E-state index contributed by atoms with van der Waals surface area (Å²) >= 11 is 0. The van der Waals surface area contributed by atoms with Crippen LogP contribution in [0.4, 0.5) is 0 Å². The number of aliphatic hydroxyl groups excluding tert-OH is 1. The molecule has 0 spiro atoms. The summed E-state index contributed by atoms with van der Waals surface area (Å²) in [7, 11) is 1.66. The fourth-order valence-corrected chi connectivity index (χ4v) is 3.56. The molecule has 1 saturated heterocycles. The van der Waals surface area contributed by atoms with Crippen LogP contribution < -0.4 is 4.74 Å². The van der Waals surface area contributed by atoms with Crippen LogP contribution in [0.5, 0.6) is 5.75 Å². The molecule has 21 heavy (non-hydrogen) atoms. The van der Waals surface area contributed by atoms with Gasteiger partial charge in [-0.2, -0.15) is 0 Å². The van der Waals surface area contributed by atoms with E-state index in [0.29, 0.717) is 17.9 Å². The second-order valence-corrected chi connectivity index (χ2v) is 6.71. The molecule has 118 valence electrons. The minimum Gasteiger partial charge on any atom is -0.497 e. The Hall–Kier alpha value is -1.06. The maximum atomic E-state index is 10.7. The number of hydrogen-bond donors (Lipinski definition) is 1. The molecule has 1 fully saturated rings. The van der Waals surface area contributed by atoms with E-state index in [4.69, 9.17) is 4.74 Å². The molecule has 0 bridgehead atoms. The van der Waals surface area contributed by atoms with Crippen LogP contribution in [0.1, 0.15) is 45.8 Å². The van der Waals surface area contributed by atoms with Crippen molar-refractivity contribution in [1.82, 2.24) is 4.90 Å². The zero-order chi connectivity index (χ0) is 15.6. The molecule has 2 rings (SSSR count). The summed E-state index contributed by atoms with van der Waals surface area (Å²) < 4.78 is 5.18. The maximum Gasteiger partial charge on any atom is 0.118 e. The first-order valence-corrected chi connectivity index (χ1v) is 8.01. The highest BCUT2D eigenvalue weighted by Crippen LogP contribution is 2.32. The van der Waals surface area contributed by atoms with Gasteiger partial charge in [0, 0.05) is 18.6 Å². The Balaban J connectivity index is 2.11. The molecule has 1 aliphatic rings. The summed E-state index contributed by atoms with van der Waals surface area (Å²) in [5.74, 6) is 2.20. The fourth-order valence-electron chi connectivity index (χ4n) is 3.56. The van der Waals surface area contributed by atoms with Crippen molar-refractivity contribution >= 4 is 0 Å². The van der Waals surface area contributed by atoms with E-state index in [0.717, 1.165) is 17.9 Å². The Labute approximate surface area is 128 Å². The molecular weight excluding hydrogens is 262 g/mol. The van der Waals surface area contributed by atoms with E-state index in [9.17, 15) is 5.11 Å². The Morgan fingerprint density at radius 1 is 1.19 bits per heavy atom. The first-order chi connectivity index (χ1) is 9.93. The zero-order valence-corrected chi connectivity index (χ0v) is 13.9. The van der Waals surface area contributed by atoms with Gasteiger partial charge < -0.3 is 9.84 Å². The summed E-state index contributed by atoms with van der Waals surface area (Å²) in [6.07, 6.45) is 0.819. The third-order valence-corrected chi connectivity index (χ3v) is 5.08. The van der Waals surface area contributed by atoms with E-state index in [-0.39, 0.29) is 6.04 Å². The van der Waals surface area contributed by atoms with Crippen LogP contribution in [0.15, 0.2) is 24.3 Å². The SMILES string of the molecule is COc1ccc(C(O)C(C)N2CC(C)CC(C)C2C)cc1. The van der Waals surface area contributed by atoms with Crippen molar-refractivity contribution in [3.63, 3.8) is 0 Å². The summed E-state index contributed by atoms with van der Waals surface area (Å²) in [6, 6.07) is 8.39. The lowest BCUT2D eigenvalue weighted by atomic mass is 9.84. The number of hydrogen-bond acceptors (Lipinski definition) is 3. The Kier molecular flexibility index (Phi) is 5.28. The zero-order valence-electron chi connectivity index (χ0n) is 13.9. The van der Waals surface area contributed by atoms with Crippen LogP contribution in [0.2, 0.25) is 0 Å². The minimum absolute atomic E-state index is 0.124. The third kappa shape index (κ3) is 3.58. The van der Waals surface area contributed by atoms with Crippen LogP contribution in [0, 0.1) is 11.8 Å². The number of nitrogens with zero attached hydrogens (tertiary/aromatic N) is 1. The van der Waals surface area contributed by atoms with Crippen molar-refractivity contribution in [2.24, 2.45) is 11.8 Å². The van der Waals surface area contributed by atoms with Crippen molar-refractivity contribution in [3.8, 4) is 5.75 Å². The van der Waals surface area contributed by atoms with Gasteiger partial charge in [0.25, 0.3) is 0 Å². The largest absolute Gasteiger partial charge is 0.497 e. The average Bonchev–Trinajstić information content (AvgIpc) is 2.49. The van der Waals surface area contributed by atoms with Crippen LogP contribution in [-0.4, -0.2) is 35.7 Å². The van der Waals surface area contributed by atoms with Gasteiger partial charge in [0.2, 0.25) is 0 Å². The number of methoxy groups -OCH3 is 1. The number of piperidine rings is 1. The lowest BCUT2D eigenvalue weighted by Crippen LogP contribution is -2.51. The van der Waals surface area contributed by atoms with Crippen LogP contribution in [0.25, 0.3) is 0 Å². The third-order valence-electron chi connectivity index (χ3n) is 5.08. The molecule has 0 saturated carbocycles. The molecule has 0 aliphatic carbocycles.